The fourth-order valence-electron chi connectivity index (χ4n) is 9.45. The van der Waals surface area contributed by atoms with E-state index < -0.39 is 18.1 Å². The van der Waals surface area contributed by atoms with Crippen molar-refractivity contribution in [2.75, 3.05) is 4.81 Å². The SMILES string of the molecule is [2H]c1c([2H])c([2H])c(-c2cccc(-c3ccc(C(C)(C)C)cc3)c2-n2[c](=[Pt])n(-c3[c-]c(Oc4cccc(N5B(c6ccccc6)n6c7ccccc7c7cc[c-]c5c76)n4)ccc3)c3ccccc32)c([2H])c1[2H]. The summed E-state index contributed by atoms with van der Waals surface area (Å²) in [6.45, 7) is 6.31. The van der Waals surface area contributed by atoms with Gasteiger partial charge in [-0.1, -0.05) is 48.5 Å². The molecule has 8 heteroatoms. The molecule has 0 bridgehead atoms. The van der Waals surface area contributed by atoms with Crippen LogP contribution in [-0.2, 0) is 24.8 Å². The molecule has 320 valence electrons. The van der Waals surface area contributed by atoms with Gasteiger partial charge in [-0.3, -0.25) is 0 Å². The van der Waals surface area contributed by atoms with Crippen LogP contribution in [0.5, 0.6) is 11.6 Å². The summed E-state index contributed by atoms with van der Waals surface area (Å²) in [5.74, 6) is 1.56. The molecule has 0 amide bonds. The minimum atomic E-state index is -0.439. The van der Waals surface area contributed by atoms with Gasteiger partial charge in [0.15, 0.2) is 0 Å². The van der Waals surface area contributed by atoms with Crippen LogP contribution in [0.3, 0.4) is 0 Å². The molecule has 0 unspecified atom stereocenters. The van der Waals surface area contributed by atoms with Crippen LogP contribution in [0.1, 0.15) is 33.2 Å². The Labute approximate surface area is 402 Å². The van der Waals surface area contributed by atoms with Gasteiger partial charge in [0.2, 0.25) is 0 Å². The Morgan fingerprint density at radius 2 is 1.32 bits per heavy atom. The van der Waals surface area contributed by atoms with Crippen LogP contribution in [0.4, 0.5) is 11.5 Å². The first-order valence-corrected chi connectivity index (χ1v) is 23.0. The number of fused-ring (bicyclic) bond motifs is 4. The first-order valence-electron chi connectivity index (χ1n) is 24.3. The summed E-state index contributed by atoms with van der Waals surface area (Å²) in [6.07, 6.45) is 0. The number of para-hydroxylation sites is 4. The zero-order chi connectivity index (χ0) is 48.9. The number of benzene rings is 8. The van der Waals surface area contributed by atoms with Crippen molar-refractivity contribution in [1.29, 1.82) is 0 Å². The van der Waals surface area contributed by atoms with Gasteiger partial charge < -0.3 is 0 Å². The third-order valence-electron chi connectivity index (χ3n) is 12.4. The van der Waals surface area contributed by atoms with Crippen molar-refractivity contribution in [1.82, 2.24) is 18.6 Å². The molecule has 0 N–H and O–H groups in total. The van der Waals surface area contributed by atoms with E-state index in [2.05, 4.69) is 150 Å². The molecule has 0 saturated carbocycles. The zero-order valence-corrected chi connectivity index (χ0v) is 38.5. The molecule has 12 rings (SSSR count). The molecular weight excluding hydrogens is 989 g/mol. The van der Waals surface area contributed by atoms with E-state index in [1.807, 2.05) is 91.0 Å². The van der Waals surface area contributed by atoms with E-state index in [-0.39, 0.29) is 30.0 Å². The average molecular weight is 1040 g/mol. The minimum absolute atomic E-state index is 0.0714. The van der Waals surface area contributed by atoms with Crippen molar-refractivity contribution in [2.24, 2.45) is 0 Å². The van der Waals surface area contributed by atoms with E-state index in [9.17, 15) is 0 Å². The van der Waals surface area contributed by atoms with Crippen molar-refractivity contribution < 1.29 is 30.9 Å². The van der Waals surface area contributed by atoms with Gasteiger partial charge in [-0.2, -0.15) is 12.1 Å². The van der Waals surface area contributed by atoms with Crippen molar-refractivity contribution in [3.63, 3.8) is 0 Å². The summed E-state index contributed by atoms with van der Waals surface area (Å²) in [7, 11) is 0. The summed E-state index contributed by atoms with van der Waals surface area (Å²) < 4.78 is 58.1. The molecule has 1 aliphatic rings. The van der Waals surface area contributed by atoms with Crippen LogP contribution in [0, 0.1) is 15.9 Å². The van der Waals surface area contributed by atoms with Crippen molar-refractivity contribution in [2.45, 2.75) is 26.2 Å². The average Bonchev–Trinajstić information content (AvgIpc) is 4.02. The summed E-state index contributed by atoms with van der Waals surface area (Å²) >= 11 is 2.32. The number of imidazole rings is 1. The first-order chi connectivity index (χ1) is 34.4. The van der Waals surface area contributed by atoms with Crippen LogP contribution in [0.15, 0.2) is 200 Å². The van der Waals surface area contributed by atoms with E-state index >= 15 is 0 Å². The van der Waals surface area contributed by atoms with E-state index in [1.54, 1.807) is 0 Å². The fourth-order valence-corrected chi connectivity index (χ4v) is 10.5. The van der Waals surface area contributed by atoms with Crippen LogP contribution in [0.25, 0.3) is 66.5 Å². The van der Waals surface area contributed by atoms with Gasteiger partial charge in [-0.05, 0) is 11.5 Å². The molecule has 0 saturated heterocycles. The van der Waals surface area contributed by atoms with Gasteiger partial charge in [0, 0.05) is 5.52 Å². The Bertz CT molecular complexity index is 3990. The maximum absolute atomic E-state index is 9.15. The summed E-state index contributed by atoms with van der Waals surface area (Å²) in [6, 6.07) is 62.3. The summed E-state index contributed by atoms with van der Waals surface area (Å²) in [4.78, 5) is 7.40. The number of nitrogens with zero attached hydrogens (tertiary/aromatic N) is 5. The second-order valence-corrected chi connectivity index (χ2v) is 18.4. The third-order valence-corrected chi connectivity index (χ3v) is 13.4. The van der Waals surface area contributed by atoms with Crippen LogP contribution < -0.4 is 15.0 Å². The van der Waals surface area contributed by atoms with Gasteiger partial charge in [0.1, 0.15) is 0 Å². The predicted molar refractivity (Wildman–Crippen MR) is 266 cm³/mol. The predicted octanol–water partition coefficient (Wildman–Crippen LogP) is 13.4. The van der Waals surface area contributed by atoms with Gasteiger partial charge in [-0.15, -0.1) is 5.39 Å². The maximum atomic E-state index is 9.15. The zero-order valence-electron chi connectivity index (χ0n) is 41.2. The standard InChI is InChI=1S/C58H42BN5O.Pt/c1-58(2,3)42-36-34-41(35-37-42)47-26-15-25-46(40-18-6-4-7-19-40)56(47)62-39-61(51-29-12-13-30-52(51)62)44-22-14-23-45(38-44)65-55-33-17-32-54(60-55)63-53-31-16-27-49-48-24-10-11-28-50(48)64(57(49)53)59(63)43-20-8-5-9-21-43;/h4-30,32-37H,1-3H3;/q-2;/i4D,6D,7D,18D,19D;. The van der Waals surface area contributed by atoms with Crippen LogP contribution in [-0.4, -0.2) is 25.6 Å². The number of pyridine rings is 1. The Hall–Kier alpha value is -7.47. The van der Waals surface area contributed by atoms with Gasteiger partial charge in [0.05, 0.1) is 0 Å². The second kappa shape index (κ2) is 15.9. The van der Waals surface area contributed by atoms with Crippen LogP contribution in [0.2, 0.25) is 0 Å². The normalized spacial score (nSPS) is 13.6. The molecule has 66 heavy (non-hydrogen) atoms. The molecule has 3 aromatic heterocycles. The quantitative estimate of drug-likeness (QED) is 0.112. The second-order valence-electron chi connectivity index (χ2n) is 17.4. The topological polar surface area (TPSA) is 40.1 Å². The molecule has 0 atom stereocenters. The summed E-state index contributed by atoms with van der Waals surface area (Å²) in [5, 5.41) is 2.35. The molecule has 1 aliphatic heterocycles. The van der Waals surface area contributed by atoms with Crippen molar-refractivity contribution >= 4 is 56.8 Å². The number of hydrogen-bond donors (Lipinski definition) is 0. The van der Waals surface area contributed by atoms with Crippen molar-refractivity contribution in [3.8, 4) is 45.3 Å². The molecule has 0 aliphatic carbocycles. The third kappa shape index (κ3) is 6.60. The van der Waals surface area contributed by atoms with Gasteiger partial charge in [0.25, 0.3) is 0 Å². The number of ether oxygens (including phenoxy) is 1. The molecule has 0 fully saturated rings. The van der Waals surface area contributed by atoms with E-state index in [0.29, 0.717) is 34.4 Å². The molecule has 8 aromatic carbocycles. The molecule has 6 nitrogen and oxygen atoms in total. The number of hydrogen-bond acceptors (Lipinski definition) is 3. The molecule has 4 heterocycles. The summed E-state index contributed by atoms with van der Waals surface area (Å²) in [5.41, 5.74) is 10.8. The Morgan fingerprint density at radius 1 is 0.636 bits per heavy atom. The molecule has 0 radical (unpaired) electrons. The van der Waals surface area contributed by atoms with Gasteiger partial charge >= 0.3 is 321 Å². The fraction of sp³-hybridized carbons (Fsp3) is 0.0690. The van der Waals surface area contributed by atoms with E-state index in [4.69, 9.17) is 16.6 Å². The monoisotopic (exact) mass is 1040 g/mol. The number of anilines is 2. The number of aromatic nitrogens is 4. The van der Waals surface area contributed by atoms with Gasteiger partial charge in [-0.25, -0.2) is 0 Å². The number of rotatable bonds is 8. The molecular formula is C58H42BN5OPt-2. The van der Waals surface area contributed by atoms with E-state index in [1.165, 1.54) is 10.9 Å². The van der Waals surface area contributed by atoms with Crippen LogP contribution >= 0.6 is 0 Å². The molecule has 0 spiro atoms. The Kier molecular flexibility index (Phi) is 8.40. The Balaban J connectivity index is 0.984. The Morgan fingerprint density at radius 3 is 2.09 bits per heavy atom. The van der Waals surface area contributed by atoms with E-state index in [0.717, 1.165) is 53.5 Å². The van der Waals surface area contributed by atoms with Crippen molar-refractivity contribution in [3.05, 3.63) is 222 Å². The first kappa shape index (κ1) is 34.9. The molecule has 11 aromatic rings.